The largest absolute Gasteiger partial charge is 0.342 e. The van der Waals surface area contributed by atoms with E-state index in [9.17, 15) is 4.79 Å². The second-order valence-electron chi connectivity index (χ2n) is 5.60. The van der Waals surface area contributed by atoms with Crippen LogP contribution in [0.1, 0.15) is 42.9 Å². The Morgan fingerprint density at radius 1 is 1.21 bits per heavy atom. The lowest BCUT2D eigenvalue weighted by molar-refractivity contribution is -0.136. The minimum absolute atomic E-state index is 0.253. The van der Waals surface area contributed by atoms with Gasteiger partial charge in [-0.15, -0.1) is 11.3 Å². The Bertz CT molecular complexity index is 443. The SMILES string of the molecule is O=C([C@H]1CC=CCC1)N1CCC(c2cccs2)CC1. The van der Waals surface area contributed by atoms with Crippen molar-refractivity contribution in [2.45, 2.75) is 38.0 Å². The average Bonchev–Trinajstić information content (AvgIpc) is 3.02. The van der Waals surface area contributed by atoms with Gasteiger partial charge in [-0.05, 0) is 49.5 Å². The molecule has 2 aliphatic rings. The number of amides is 1. The van der Waals surface area contributed by atoms with Crippen molar-refractivity contribution < 1.29 is 4.79 Å². The van der Waals surface area contributed by atoms with Gasteiger partial charge in [-0.25, -0.2) is 0 Å². The lowest BCUT2D eigenvalue weighted by atomic mass is 9.90. The third-order valence-corrected chi connectivity index (χ3v) is 5.41. The molecule has 1 saturated heterocycles. The fourth-order valence-corrected chi connectivity index (χ4v) is 4.08. The maximum Gasteiger partial charge on any atom is 0.226 e. The predicted octanol–water partition coefficient (Wildman–Crippen LogP) is 3.81. The molecule has 0 N–H and O–H groups in total. The van der Waals surface area contributed by atoms with Crippen LogP contribution in [0.4, 0.5) is 0 Å². The standard InChI is InChI=1S/C16H21NOS/c18-16(14-5-2-1-3-6-14)17-10-8-13(9-11-17)15-7-4-12-19-15/h1-2,4,7,12-14H,3,5-6,8-11H2/t14-/m0/s1. The lowest BCUT2D eigenvalue weighted by Crippen LogP contribution is -2.41. The number of rotatable bonds is 2. The van der Waals surface area contributed by atoms with Crippen molar-refractivity contribution in [1.82, 2.24) is 4.90 Å². The van der Waals surface area contributed by atoms with Gasteiger partial charge in [-0.3, -0.25) is 4.79 Å². The van der Waals surface area contributed by atoms with E-state index >= 15 is 0 Å². The number of allylic oxidation sites excluding steroid dienone is 2. The van der Waals surface area contributed by atoms with Gasteiger partial charge in [0, 0.05) is 23.9 Å². The molecule has 0 saturated carbocycles. The number of likely N-dealkylation sites (tertiary alicyclic amines) is 1. The number of carbonyl (C=O) groups is 1. The molecule has 1 atom stereocenters. The van der Waals surface area contributed by atoms with Gasteiger partial charge in [-0.2, -0.15) is 0 Å². The highest BCUT2D eigenvalue weighted by Gasteiger charge is 2.28. The molecular weight excluding hydrogens is 254 g/mol. The van der Waals surface area contributed by atoms with E-state index in [0.717, 1.165) is 45.2 Å². The topological polar surface area (TPSA) is 20.3 Å². The van der Waals surface area contributed by atoms with Gasteiger partial charge in [0.05, 0.1) is 0 Å². The first-order chi connectivity index (χ1) is 9.34. The first-order valence-corrected chi connectivity index (χ1v) is 8.20. The van der Waals surface area contributed by atoms with Crippen LogP contribution in [-0.4, -0.2) is 23.9 Å². The molecule has 0 spiro atoms. The zero-order valence-corrected chi connectivity index (χ0v) is 12.1. The van der Waals surface area contributed by atoms with Crippen LogP contribution in [0.25, 0.3) is 0 Å². The Labute approximate surface area is 119 Å². The summed E-state index contributed by atoms with van der Waals surface area (Å²) in [6.07, 6.45) is 9.70. The molecule has 3 rings (SSSR count). The first-order valence-electron chi connectivity index (χ1n) is 7.32. The van der Waals surface area contributed by atoms with Crippen LogP contribution < -0.4 is 0 Å². The van der Waals surface area contributed by atoms with Gasteiger partial charge in [-0.1, -0.05) is 18.2 Å². The van der Waals surface area contributed by atoms with Crippen molar-refractivity contribution in [3.63, 3.8) is 0 Å². The number of hydrogen-bond donors (Lipinski definition) is 0. The number of thiophene rings is 1. The molecule has 0 bridgehead atoms. The zero-order valence-electron chi connectivity index (χ0n) is 11.3. The Morgan fingerprint density at radius 2 is 2.05 bits per heavy atom. The smallest absolute Gasteiger partial charge is 0.226 e. The molecule has 1 aromatic heterocycles. The van der Waals surface area contributed by atoms with Gasteiger partial charge < -0.3 is 4.90 Å². The molecule has 19 heavy (non-hydrogen) atoms. The molecule has 2 nitrogen and oxygen atoms in total. The van der Waals surface area contributed by atoms with E-state index in [0.29, 0.717) is 11.8 Å². The molecule has 1 aromatic rings. The summed E-state index contributed by atoms with van der Waals surface area (Å²) < 4.78 is 0. The van der Waals surface area contributed by atoms with Crippen LogP contribution in [0, 0.1) is 5.92 Å². The highest BCUT2D eigenvalue weighted by atomic mass is 32.1. The van der Waals surface area contributed by atoms with Crippen LogP contribution in [0.2, 0.25) is 0 Å². The van der Waals surface area contributed by atoms with Crippen molar-refractivity contribution in [3.8, 4) is 0 Å². The fraction of sp³-hybridized carbons (Fsp3) is 0.562. The predicted molar refractivity (Wildman–Crippen MR) is 79.4 cm³/mol. The van der Waals surface area contributed by atoms with E-state index in [1.807, 2.05) is 11.3 Å². The number of nitrogens with zero attached hydrogens (tertiary/aromatic N) is 1. The third-order valence-electron chi connectivity index (χ3n) is 4.37. The van der Waals surface area contributed by atoms with Crippen molar-refractivity contribution in [1.29, 1.82) is 0 Å². The Hall–Kier alpha value is -1.09. The summed E-state index contributed by atoms with van der Waals surface area (Å²) in [4.78, 5) is 16.0. The second kappa shape index (κ2) is 5.91. The highest BCUT2D eigenvalue weighted by molar-refractivity contribution is 7.10. The summed E-state index contributed by atoms with van der Waals surface area (Å²) in [6, 6.07) is 4.37. The van der Waals surface area contributed by atoms with E-state index in [-0.39, 0.29) is 5.92 Å². The first kappa shape index (κ1) is 12.9. The van der Waals surface area contributed by atoms with Crippen LogP contribution >= 0.6 is 11.3 Å². The summed E-state index contributed by atoms with van der Waals surface area (Å²) in [5.74, 6) is 1.33. The molecule has 1 aliphatic carbocycles. The lowest BCUT2D eigenvalue weighted by Gasteiger charge is -2.34. The van der Waals surface area contributed by atoms with Gasteiger partial charge in [0.25, 0.3) is 0 Å². The average molecular weight is 275 g/mol. The molecule has 102 valence electrons. The van der Waals surface area contributed by atoms with E-state index in [4.69, 9.17) is 0 Å². The second-order valence-corrected chi connectivity index (χ2v) is 6.58. The molecule has 0 aromatic carbocycles. The Morgan fingerprint density at radius 3 is 2.68 bits per heavy atom. The molecule has 3 heteroatoms. The summed E-state index contributed by atoms with van der Waals surface area (Å²) in [5.41, 5.74) is 0. The normalized spacial score (nSPS) is 24.6. The van der Waals surface area contributed by atoms with Gasteiger partial charge in [0.15, 0.2) is 0 Å². The van der Waals surface area contributed by atoms with E-state index in [1.165, 1.54) is 4.88 Å². The minimum atomic E-state index is 0.253. The molecule has 0 radical (unpaired) electrons. The number of hydrogen-bond acceptors (Lipinski definition) is 2. The minimum Gasteiger partial charge on any atom is -0.342 e. The zero-order chi connectivity index (χ0) is 13.1. The molecule has 2 heterocycles. The van der Waals surface area contributed by atoms with Crippen molar-refractivity contribution in [2.24, 2.45) is 5.92 Å². The van der Waals surface area contributed by atoms with Crippen LogP contribution in [0.5, 0.6) is 0 Å². The quantitative estimate of drug-likeness (QED) is 0.752. The monoisotopic (exact) mass is 275 g/mol. The molecular formula is C16H21NOS. The summed E-state index contributed by atoms with van der Waals surface area (Å²) in [5, 5.41) is 2.15. The summed E-state index contributed by atoms with van der Waals surface area (Å²) in [7, 11) is 0. The third kappa shape index (κ3) is 2.92. The van der Waals surface area contributed by atoms with Crippen molar-refractivity contribution in [3.05, 3.63) is 34.5 Å². The summed E-state index contributed by atoms with van der Waals surface area (Å²) in [6.45, 7) is 1.89. The van der Waals surface area contributed by atoms with Gasteiger partial charge in [0.1, 0.15) is 0 Å². The van der Waals surface area contributed by atoms with Crippen LogP contribution in [0.3, 0.4) is 0 Å². The number of carbonyl (C=O) groups excluding carboxylic acids is 1. The summed E-state index contributed by atoms with van der Waals surface area (Å²) >= 11 is 1.85. The molecule has 1 amide bonds. The Kier molecular flexibility index (Phi) is 4.02. The molecule has 0 unspecified atom stereocenters. The maximum absolute atomic E-state index is 12.4. The van der Waals surface area contributed by atoms with Crippen LogP contribution in [0.15, 0.2) is 29.7 Å². The molecule has 1 aliphatic heterocycles. The van der Waals surface area contributed by atoms with Crippen molar-refractivity contribution >= 4 is 17.2 Å². The van der Waals surface area contributed by atoms with E-state index < -0.39 is 0 Å². The van der Waals surface area contributed by atoms with Gasteiger partial charge >= 0.3 is 0 Å². The number of piperidine rings is 1. The van der Waals surface area contributed by atoms with Crippen LogP contribution in [-0.2, 0) is 4.79 Å². The van der Waals surface area contributed by atoms with E-state index in [1.54, 1.807) is 0 Å². The van der Waals surface area contributed by atoms with Gasteiger partial charge in [0.2, 0.25) is 5.91 Å². The van der Waals surface area contributed by atoms with Crippen molar-refractivity contribution in [2.75, 3.05) is 13.1 Å². The Balaban J connectivity index is 1.55. The maximum atomic E-state index is 12.4. The fourth-order valence-electron chi connectivity index (χ4n) is 3.18. The molecule has 1 fully saturated rings. The highest BCUT2D eigenvalue weighted by Crippen LogP contribution is 2.32. The van der Waals surface area contributed by atoms with E-state index in [2.05, 4.69) is 34.6 Å².